The second kappa shape index (κ2) is 10.2. The van der Waals surface area contributed by atoms with Crippen LogP contribution in [0.2, 0.25) is 0 Å². The number of rotatable bonds is 3. The second-order valence-corrected chi connectivity index (χ2v) is 13.2. The van der Waals surface area contributed by atoms with Crippen LogP contribution in [0.25, 0.3) is 85.9 Å². The van der Waals surface area contributed by atoms with Crippen LogP contribution in [0.15, 0.2) is 156 Å². The fourth-order valence-corrected chi connectivity index (χ4v) is 8.92. The third kappa shape index (κ3) is 3.95. The number of hydrogen-bond acceptors (Lipinski definition) is 1. The molecule has 0 N–H and O–H groups in total. The Hall–Kier alpha value is -4.76. The van der Waals surface area contributed by atoms with Gasteiger partial charge in [0, 0.05) is 20.1 Å². The molecule has 206 valence electrons. The fraction of sp³-hybridized carbons (Fsp3) is 0. The summed E-state index contributed by atoms with van der Waals surface area (Å²) in [7, 11) is 0. The van der Waals surface area contributed by atoms with Crippen molar-refractivity contribution in [3.63, 3.8) is 0 Å². The van der Waals surface area contributed by atoms with Gasteiger partial charge in [0.05, 0.1) is 4.88 Å². The first-order valence-corrected chi connectivity index (χ1v) is 16.5. The molecule has 0 atom stereocenters. The van der Waals surface area contributed by atoms with Crippen LogP contribution < -0.4 is 0 Å². The molecule has 0 aliphatic carbocycles. The smallest absolute Gasteiger partial charge is 0.0503 e. The molecule has 1 heterocycles. The first-order valence-electron chi connectivity index (χ1n) is 14.9. The number of hydrogen-bond donors (Lipinski definition) is 0. The molecule has 0 aliphatic rings. The third-order valence-electron chi connectivity index (χ3n) is 8.95. The van der Waals surface area contributed by atoms with Gasteiger partial charge in [0.2, 0.25) is 0 Å². The predicted octanol–water partition coefficient (Wildman–Crippen LogP) is 13.3. The molecule has 9 aromatic rings. The highest BCUT2D eigenvalue weighted by Crippen LogP contribution is 2.46. The van der Waals surface area contributed by atoms with Gasteiger partial charge >= 0.3 is 0 Å². The minimum Gasteiger partial charge on any atom is -0.134 e. The normalized spacial score (nSPS) is 11.8. The largest absolute Gasteiger partial charge is 0.134 e. The fourth-order valence-electron chi connectivity index (χ4n) is 6.89. The monoisotopic (exact) mass is 640 g/mol. The highest BCUT2D eigenvalue weighted by molar-refractivity contribution is 9.10. The van der Waals surface area contributed by atoms with Crippen molar-refractivity contribution in [3.05, 3.63) is 156 Å². The average Bonchev–Trinajstić information content (AvgIpc) is 3.43. The number of fused-ring (bicyclic) bond motifs is 8. The summed E-state index contributed by atoms with van der Waals surface area (Å²) < 4.78 is 2.45. The molecule has 1 aromatic heterocycles. The number of thiophene rings is 1. The number of halogens is 1. The van der Waals surface area contributed by atoms with Gasteiger partial charge in [0.15, 0.2) is 0 Å². The minimum absolute atomic E-state index is 1.16. The maximum absolute atomic E-state index is 4.02. The van der Waals surface area contributed by atoms with Gasteiger partial charge in [-0.15, -0.1) is 11.3 Å². The molecule has 0 unspecified atom stereocenters. The third-order valence-corrected chi connectivity index (χ3v) is 11.2. The zero-order valence-electron chi connectivity index (χ0n) is 23.7. The van der Waals surface area contributed by atoms with Crippen LogP contribution in [0.5, 0.6) is 0 Å². The van der Waals surface area contributed by atoms with Crippen molar-refractivity contribution in [3.8, 4) is 32.7 Å². The predicted molar refractivity (Wildman–Crippen MR) is 196 cm³/mol. The lowest BCUT2D eigenvalue weighted by Crippen LogP contribution is -1.87. The quantitative estimate of drug-likeness (QED) is 0.168. The molecule has 0 fully saturated rings. The van der Waals surface area contributed by atoms with E-state index in [0.717, 1.165) is 4.47 Å². The molecule has 2 heteroatoms. The SMILES string of the molecule is Brc1c(-c2cccc3ccccc23)sc2ccc(-c3ccccc3-c3ccc4c5ccccc5c5ccccc5c4c3)cc12. The molecule has 0 aliphatic heterocycles. The Bertz CT molecular complexity index is 2530. The Morgan fingerprint density at radius 2 is 0.841 bits per heavy atom. The van der Waals surface area contributed by atoms with E-state index in [-0.39, 0.29) is 0 Å². The topological polar surface area (TPSA) is 0 Å². The summed E-state index contributed by atoms with van der Waals surface area (Å²) >= 11 is 5.88. The van der Waals surface area contributed by atoms with Crippen molar-refractivity contribution in [2.75, 3.05) is 0 Å². The average molecular weight is 642 g/mol. The van der Waals surface area contributed by atoms with Crippen molar-refractivity contribution in [1.82, 2.24) is 0 Å². The van der Waals surface area contributed by atoms with Gasteiger partial charge in [-0.1, -0.05) is 133 Å². The molecule has 0 amide bonds. The summed E-state index contributed by atoms with van der Waals surface area (Å²) in [6, 6.07) is 55.5. The van der Waals surface area contributed by atoms with Gasteiger partial charge in [-0.25, -0.2) is 0 Å². The van der Waals surface area contributed by atoms with Crippen molar-refractivity contribution < 1.29 is 0 Å². The van der Waals surface area contributed by atoms with E-state index in [0.29, 0.717) is 0 Å². The van der Waals surface area contributed by atoms with E-state index < -0.39 is 0 Å². The Labute approximate surface area is 268 Å². The van der Waals surface area contributed by atoms with E-state index >= 15 is 0 Å². The lowest BCUT2D eigenvalue weighted by atomic mass is 9.89. The highest BCUT2D eigenvalue weighted by Gasteiger charge is 2.17. The maximum Gasteiger partial charge on any atom is 0.0503 e. The van der Waals surface area contributed by atoms with Crippen LogP contribution in [0.1, 0.15) is 0 Å². The molecule has 0 spiro atoms. The second-order valence-electron chi connectivity index (χ2n) is 11.4. The Balaban J connectivity index is 1.22. The van der Waals surface area contributed by atoms with E-state index in [1.54, 1.807) is 0 Å². The van der Waals surface area contributed by atoms with E-state index in [4.69, 9.17) is 0 Å². The molecule has 0 nitrogen and oxygen atoms in total. The molecule has 9 rings (SSSR count). The van der Waals surface area contributed by atoms with E-state index in [2.05, 4.69) is 168 Å². The standard InChI is InChI=1S/C42H25BrS/c43-41-39-25-28(21-23-40(39)44-42(41)37-19-9-11-26-10-1-2-12-29(26)37)31-14-4-3-13-30(31)27-20-22-36-34-17-6-5-15-32(34)33-16-7-8-18-35(33)38(36)24-27/h1-25H. The van der Waals surface area contributed by atoms with Crippen LogP contribution in [-0.4, -0.2) is 0 Å². The summed E-state index contributed by atoms with van der Waals surface area (Å²) in [4.78, 5) is 1.27. The summed E-state index contributed by atoms with van der Waals surface area (Å²) in [5, 5.41) is 11.6. The first kappa shape index (κ1) is 25.7. The van der Waals surface area contributed by atoms with Gasteiger partial charge < -0.3 is 0 Å². The molecular weight excluding hydrogens is 616 g/mol. The lowest BCUT2D eigenvalue weighted by molar-refractivity contribution is 1.62. The maximum atomic E-state index is 4.02. The molecule has 44 heavy (non-hydrogen) atoms. The van der Waals surface area contributed by atoms with Crippen LogP contribution in [0.3, 0.4) is 0 Å². The summed E-state index contributed by atoms with van der Waals surface area (Å²) in [5.41, 5.74) is 6.21. The Morgan fingerprint density at radius 1 is 0.364 bits per heavy atom. The van der Waals surface area contributed by atoms with E-state index in [9.17, 15) is 0 Å². The van der Waals surface area contributed by atoms with E-state index in [1.807, 2.05) is 11.3 Å². The van der Waals surface area contributed by atoms with Crippen molar-refractivity contribution in [2.24, 2.45) is 0 Å². The Morgan fingerprint density at radius 3 is 1.52 bits per heavy atom. The van der Waals surface area contributed by atoms with Crippen LogP contribution in [-0.2, 0) is 0 Å². The molecule has 0 radical (unpaired) electrons. The van der Waals surface area contributed by atoms with Crippen LogP contribution >= 0.6 is 27.3 Å². The van der Waals surface area contributed by atoms with E-state index in [1.165, 1.54) is 85.9 Å². The summed E-state index contributed by atoms with van der Waals surface area (Å²) in [6.07, 6.45) is 0. The van der Waals surface area contributed by atoms with Gasteiger partial charge in [0.25, 0.3) is 0 Å². The zero-order chi connectivity index (χ0) is 29.2. The summed E-state index contributed by atoms with van der Waals surface area (Å²) in [6.45, 7) is 0. The lowest BCUT2D eigenvalue weighted by Gasteiger charge is -2.14. The van der Waals surface area contributed by atoms with Crippen molar-refractivity contribution in [1.29, 1.82) is 0 Å². The highest BCUT2D eigenvalue weighted by atomic mass is 79.9. The molecule has 0 saturated heterocycles. The zero-order valence-corrected chi connectivity index (χ0v) is 26.1. The van der Waals surface area contributed by atoms with Crippen LogP contribution in [0, 0.1) is 0 Å². The van der Waals surface area contributed by atoms with Crippen molar-refractivity contribution >= 4 is 80.4 Å². The first-order chi connectivity index (χ1) is 21.7. The van der Waals surface area contributed by atoms with Gasteiger partial charge in [-0.2, -0.15) is 0 Å². The van der Waals surface area contributed by atoms with Gasteiger partial charge in [0.1, 0.15) is 0 Å². The van der Waals surface area contributed by atoms with Crippen LogP contribution in [0.4, 0.5) is 0 Å². The molecule has 0 bridgehead atoms. The number of benzene rings is 8. The molecule has 8 aromatic carbocycles. The Kier molecular flexibility index (Phi) is 5.94. The molecular formula is C42H25BrS. The van der Waals surface area contributed by atoms with Gasteiger partial charge in [-0.05, 0) is 99.5 Å². The molecule has 0 saturated carbocycles. The minimum atomic E-state index is 1.16. The summed E-state index contributed by atoms with van der Waals surface area (Å²) in [5.74, 6) is 0. The van der Waals surface area contributed by atoms with Crippen molar-refractivity contribution in [2.45, 2.75) is 0 Å². The van der Waals surface area contributed by atoms with Gasteiger partial charge in [-0.3, -0.25) is 0 Å².